The Kier molecular flexibility index (Phi) is 92.7. The predicted molar refractivity (Wildman–Crippen MR) is 17.1 cm³/mol. The quantitative estimate of drug-likeness (QED) is 0.459. The SMILES string of the molecule is [CaH2].[Co].[La].[SrH2]. The van der Waals surface area contributed by atoms with Crippen molar-refractivity contribution in [1.82, 2.24) is 0 Å². The van der Waals surface area contributed by atoms with E-state index in [0.29, 0.717) is 0 Å². The molecule has 0 bridgehead atoms. The first-order chi connectivity index (χ1) is 0. The molecule has 4 heteroatoms. The van der Waals surface area contributed by atoms with E-state index >= 15 is 0 Å². The molecule has 0 fully saturated rings. The van der Waals surface area contributed by atoms with E-state index in [9.17, 15) is 0 Å². The molecule has 0 aliphatic carbocycles. The molecular weight excluding hydrogens is 326 g/mol. The molecule has 2 radical (unpaired) electrons. The van der Waals surface area contributed by atoms with Crippen LogP contribution in [0.1, 0.15) is 0 Å². The molecule has 0 aliphatic heterocycles. The molecule has 0 saturated heterocycles. The second-order valence-corrected chi connectivity index (χ2v) is 0. The van der Waals surface area contributed by atoms with Crippen molar-refractivity contribution in [2.24, 2.45) is 0 Å². The molecule has 0 amide bonds. The molecule has 0 aromatic heterocycles. The zero-order chi connectivity index (χ0) is 0. The summed E-state index contributed by atoms with van der Waals surface area (Å²) < 4.78 is 0. The van der Waals surface area contributed by atoms with Gasteiger partial charge in [0.2, 0.25) is 0 Å². The van der Waals surface area contributed by atoms with Gasteiger partial charge in [0.1, 0.15) is 0 Å². The van der Waals surface area contributed by atoms with Crippen molar-refractivity contribution >= 4 is 83.2 Å². The van der Waals surface area contributed by atoms with Crippen molar-refractivity contribution < 1.29 is 52.4 Å². The van der Waals surface area contributed by atoms with Crippen LogP contribution in [0.5, 0.6) is 0 Å². The second-order valence-electron chi connectivity index (χ2n) is 0. The van der Waals surface area contributed by atoms with Gasteiger partial charge in [-0.05, 0) is 0 Å². The van der Waals surface area contributed by atoms with Gasteiger partial charge < -0.3 is 0 Å². The maximum absolute atomic E-state index is 0. The van der Waals surface area contributed by atoms with Gasteiger partial charge >= 0.3 is 83.2 Å². The normalized spacial score (nSPS) is 0. The van der Waals surface area contributed by atoms with Gasteiger partial charge in [0.05, 0.1) is 0 Å². The molecule has 4 heavy (non-hydrogen) atoms. The third kappa shape index (κ3) is 9.67. The number of hydrogen-bond donors (Lipinski definition) is 0. The molecule has 0 nitrogen and oxygen atoms in total. The minimum atomic E-state index is 0. The molecule has 0 rings (SSSR count). The summed E-state index contributed by atoms with van der Waals surface area (Å²) in [5.74, 6) is 0. The zero-order valence-corrected chi connectivity index (χ0v) is 5.58. The zero-order valence-electron chi connectivity index (χ0n) is 0.911. The van der Waals surface area contributed by atoms with E-state index in [2.05, 4.69) is 0 Å². The van der Waals surface area contributed by atoms with Crippen LogP contribution in [0, 0.1) is 35.6 Å². The molecule has 0 aromatic rings. The van der Waals surface area contributed by atoms with E-state index in [0.717, 1.165) is 0 Å². The Morgan fingerprint density at radius 1 is 1.00 bits per heavy atom. The Hall–Kier alpha value is 4.44. The van der Waals surface area contributed by atoms with Gasteiger partial charge in [-0.1, -0.05) is 0 Å². The molecule has 0 atom stereocenters. The van der Waals surface area contributed by atoms with Gasteiger partial charge in [-0.15, -0.1) is 0 Å². The fourth-order valence-electron chi connectivity index (χ4n) is 0. The van der Waals surface area contributed by atoms with Crippen LogP contribution in [0.3, 0.4) is 0 Å². The fourth-order valence-corrected chi connectivity index (χ4v) is 0. The van der Waals surface area contributed by atoms with Crippen molar-refractivity contribution in [3.8, 4) is 0 Å². The monoisotopic (exact) mass is 330 g/mol. The van der Waals surface area contributed by atoms with E-state index in [1.165, 1.54) is 0 Å². The summed E-state index contributed by atoms with van der Waals surface area (Å²) >= 11 is 0. The Bertz CT molecular complexity index is 8.00. The van der Waals surface area contributed by atoms with Gasteiger partial charge in [-0.25, -0.2) is 0 Å². The first kappa shape index (κ1) is 23.7. The number of hydrogen-bond acceptors (Lipinski definition) is 0. The Labute approximate surface area is 131 Å². The van der Waals surface area contributed by atoms with Gasteiger partial charge in [-0.2, -0.15) is 0 Å². The third-order valence-electron chi connectivity index (χ3n) is 0. The van der Waals surface area contributed by atoms with Crippen molar-refractivity contribution in [3.05, 3.63) is 0 Å². The van der Waals surface area contributed by atoms with Gasteiger partial charge in [0.15, 0.2) is 0 Å². The topological polar surface area (TPSA) is 0 Å². The molecule has 0 unspecified atom stereocenters. The Balaban J connectivity index is 0. The van der Waals surface area contributed by atoms with E-state index in [1.54, 1.807) is 0 Å². The average Bonchev–Trinajstić information content (AvgIpc) is 0. The summed E-state index contributed by atoms with van der Waals surface area (Å²) in [4.78, 5) is 0. The molecule has 20 valence electrons. The molecule has 0 heterocycles. The summed E-state index contributed by atoms with van der Waals surface area (Å²) in [5, 5.41) is 0. The Morgan fingerprint density at radius 3 is 1.00 bits per heavy atom. The maximum atomic E-state index is 0. The van der Waals surface area contributed by atoms with Crippen LogP contribution in [-0.4, -0.2) is 83.2 Å². The van der Waals surface area contributed by atoms with Crippen LogP contribution >= 0.6 is 0 Å². The van der Waals surface area contributed by atoms with Crippen molar-refractivity contribution in [2.75, 3.05) is 0 Å². The summed E-state index contributed by atoms with van der Waals surface area (Å²) in [5.41, 5.74) is 0. The van der Waals surface area contributed by atoms with E-state index in [1.807, 2.05) is 0 Å². The average molecular weight is 330 g/mol. The Morgan fingerprint density at radius 2 is 1.00 bits per heavy atom. The molecule has 0 saturated carbocycles. The third-order valence-corrected chi connectivity index (χ3v) is 0. The van der Waals surface area contributed by atoms with Crippen LogP contribution in [-0.2, 0) is 16.8 Å². The van der Waals surface area contributed by atoms with Gasteiger partial charge in [-0.3, -0.25) is 0 Å². The fraction of sp³-hybridized carbons (Fsp3) is 0. The first-order valence-corrected chi connectivity index (χ1v) is 0. The van der Waals surface area contributed by atoms with Crippen LogP contribution in [0.15, 0.2) is 0 Å². The van der Waals surface area contributed by atoms with Crippen LogP contribution in [0.25, 0.3) is 0 Å². The van der Waals surface area contributed by atoms with E-state index in [-0.39, 0.29) is 136 Å². The van der Waals surface area contributed by atoms with Crippen LogP contribution in [0.4, 0.5) is 0 Å². The molecule has 0 N–H and O–H groups in total. The van der Waals surface area contributed by atoms with Crippen molar-refractivity contribution in [2.45, 2.75) is 0 Å². The molecule has 0 aromatic carbocycles. The number of rotatable bonds is 0. The first-order valence-electron chi connectivity index (χ1n) is 0. The molecule has 0 spiro atoms. The van der Waals surface area contributed by atoms with Crippen LogP contribution < -0.4 is 0 Å². The van der Waals surface area contributed by atoms with Crippen molar-refractivity contribution in [3.63, 3.8) is 0 Å². The van der Waals surface area contributed by atoms with E-state index in [4.69, 9.17) is 0 Å². The predicted octanol–water partition coefficient (Wildman–Crippen LogP) is -1.83. The molecule has 0 aliphatic rings. The van der Waals surface area contributed by atoms with Gasteiger partial charge in [0.25, 0.3) is 0 Å². The van der Waals surface area contributed by atoms with Crippen molar-refractivity contribution in [1.29, 1.82) is 0 Å². The summed E-state index contributed by atoms with van der Waals surface area (Å²) in [6, 6.07) is 0. The summed E-state index contributed by atoms with van der Waals surface area (Å²) in [7, 11) is 0. The standard InChI is InChI=1S/Ca.Co.La.Sr.4H. The molecular formula is H4CaCoLaSr. The summed E-state index contributed by atoms with van der Waals surface area (Å²) in [6.07, 6.45) is 0. The van der Waals surface area contributed by atoms with Gasteiger partial charge in [0, 0.05) is 52.4 Å². The summed E-state index contributed by atoms with van der Waals surface area (Å²) in [6.45, 7) is 0. The minimum absolute atomic E-state index is 0. The van der Waals surface area contributed by atoms with E-state index < -0.39 is 0 Å². The van der Waals surface area contributed by atoms with Crippen LogP contribution in [0.2, 0.25) is 0 Å². The second kappa shape index (κ2) is 15.7.